The molecule has 1 rings (SSSR count). The topological polar surface area (TPSA) is 58.2 Å². The van der Waals surface area contributed by atoms with Crippen LogP contribution in [0.5, 0.6) is 0 Å². The minimum atomic E-state index is -0.544. The van der Waals surface area contributed by atoms with Crippen LogP contribution < -0.4 is 10.6 Å². The van der Waals surface area contributed by atoms with Crippen molar-refractivity contribution in [2.75, 3.05) is 6.54 Å². The van der Waals surface area contributed by atoms with Crippen LogP contribution >= 0.6 is 0 Å². The van der Waals surface area contributed by atoms with E-state index in [0.29, 0.717) is 5.56 Å². The summed E-state index contributed by atoms with van der Waals surface area (Å²) >= 11 is 0. The molecule has 0 saturated carbocycles. The molecule has 20 heavy (non-hydrogen) atoms. The lowest BCUT2D eigenvalue weighted by Gasteiger charge is -2.19. The zero-order chi connectivity index (χ0) is 15.3. The predicted molar refractivity (Wildman–Crippen MR) is 75.4 cm³/mol. The number of hydrogen-bond acceptors (Lipinski definition) is 2. The van der Waals surface area contributed by atoms with Gasteiger partial charge in [-0.2, -0.15) is 0 Å². The smallest absolute Gasteiger partial charge is 0.239 e. The fourth-order valence-electron chi connectivity index (χ4n) is 1.62. The molecule has 0 aliphatic rings. The van der Waals surface area contributed by atoms with E-state index in [9.17, 15) is 14.0 Å². The van der Waals surface area contributed by atoms with Crippen molar-refractivity contribution in [2.45, 2.75) is 33.7 Å². The molecule has 2 N–H and O–H groups in total. The second-order valence-corrected chi connectivity index (χ2v) is 5.74. The van der Waals surface area contributed by atoms with E-state index in [4.69, 9.17) is 0 Å². The summed E-state index contributed by atoms with van der Waals surface area (Å²) in [5, 5.41) is 5.20. The minimum absolute atomic E-state index is 0.116. The number of benzene rings is 1. The van der Waals surface area contributed by atoms with Gasteiger partial charge in [-0.05, 0) is 13.0 Å². The summed E-state index contributed by atoms with van der Waals surface area (Å²) in [6.07, 6.45) is 0. The van der Waals surface area contributed by atoms with Gasteiger partial charge < -0.3 is 10.6 Å². The van der Waals surface area contributed by atoms with E-state index in [0.717, 1.165) is 0 Å². The fraction of sp³-hybridized carbons (Fsp3) is 0.467. The van der Waals surface area contributed by atoms with Gasteiger partial charge in [0.15, 0.2) is 0 Å². The third-order valence-electron chi connectivity index (χ3n) is 2.84. The third-order valence-corrected chi connectivity index (χ3v) is 2.84. The Balaban J connectivity index is 2.51. The van der Waals surface area contributed by atoms with Gasteiger partial charge in [-0.3, -0.25) is 9.59 Å². The van der Waals surface area contributed by atoms with E-state index < -0.39 is 11.5 Å². The van der Waals surface area contributed by atoms with Crippen LogP contribution in [-0.4, -0.2) is 18.4 Å². The standard InChI is InChI=1S/C15H21FN2O2/c1-10(11-7-5-6-8-12(11)16)18-13(19)9-17-14(20)15(2,3)4/h5-8,10H,9H2,1-4H3,(H,17,20)(H,18,19)/t10-/m1/s1. The van der Waals surface area contributed by atoms with Crippen LogP contribution in [0, 0.1) is 11.2 Å². The normalized spacial score (nSPS) is 12.7. The predicted octanol–water partition coefficient (Wildman–Crippen LogP) is 2.17. The Kier molecular flexibility index (Phi) is 5.25. The first-order valence-electron chi connectivity index (χ1n) is 6.54. The van der Waals surface area contributed by atoms with Crippen LogP contribution in [0.1, 0.15) is 39.3 Å². The van der Waals surface area contributed by atoms with Gasteiger partial charge in [0.1, 0.15) is 5.82 Å². The Morgan fingerprint density at radius 2 is 1.85 bits per heavy atom. The number of halogens is 1. The number of rotatable bonds is 4. The number of hydrogen-bond donors (Lipinski definition) is 2. The van der Waals surface area contributed by atoms with Crippen LogP contribution in [0.3, 0.4) is 0 Å². The lowest BCUT2D eigenvalue weighted by Crippen LogP contribution is -2.42. The highest BCUT2D eigenvalue weighted by atomic mass is 19.1. The molecular formula is C15H21FN2O2. The molecule has 0 aliphatic carbocycles. The van der Waals surface area contributed by atoms with E-state index in [1.165, 1.54) is 6.07 Å². The Bertz CT molecular complexity index is 495. The minimum Gasteiger partial charge on any atom is -0.348 e. The number of carbonyl (C=O) groups excluding carboxylic acids is 2. The van der Waals surface area contributed by atoms with E-state index >= 15 is 0 Å². The Hall–Kier alpha value is -1.91. The zero-order valence-corrected chi connectivity index (χ0v) is 12.3. The van der Waals surface area contributed by atoms with Crippen molar-refractivity contribution in [3.63, 3.8) is 0 Å². The van der Waals surface area contributed by atoms with Crippen molar-refractivity contribution in [2.24, 2.45) is 5.41 Å². The molecule has 0 radical (unpaired) electrons. The van der Waals surface area contributed by atoms with Crippen LogP contribution in [0.15, 0.2) is 24.3 Å². The molecular weight excluding hydrogens is 259 g/mol. The number of amides is 2. The molecule has 1 aromatic rings. The first-order chi connectivity index (χ1) is 9.21. The summed E-state index contributed by atoms with van der Waals surface area (Å²) in [5.74, 6) is -0.913. The van der Waals surface area contributed by atoms with Gasteiger partial charge in [0.25, 0.3) is 0 Å². The van der Waals surface area contributed by atoms with Gasteiger partial charge >= 0.3 is 0 Å². The second kappa shape index (κ2) is 6.50. The van der Waals surface area contributed by atoms with Crippen LogP contribution in [-0.2, 0) is 9.59 Å². The molecule has 0 heterocycles. The maximum absolute atomic E-state index is 13.5. The molecule has 0 unspecified atom stereocenters. The molecule has 0 bridgehead atoms. The van der Waals surface area contributed by atoms with Gasteiger partial charge in [0.05, 0.1) is 12.6 Å². The van der Waals surface area contributed by atoms with Crippen molar-refractivity contribution in [3.8, 4) is 0 Å². The van der Waals surface area contributed by atoms with E-state index in [-0.39, 0.29) is 24.2 Å². The fourth-order valence-corrected chi connectivity index (χ4v) is 1.62. The Morgan fingerprint density at radius 1 is 1.25 bits per heavy atom. The molecule has 0 aromatic heterocycles. The van der Waals surface area contributed by atoms with Crippen molar-refractivity contribution in [3.05, 3.63) is 35.6 Å². The van der Waals surface area contributed by atoms with Crippen molar-refractivity contribution in [1.29, 1.82) is 0 Å². The molecule has 0 saturated heterocycles. The first kappa shape index (κ1) is 16.1. The lowest BCUT2D eigenvalue weighted by molar-refractivity contribution is -0.131. The van der Waals surface area contributed by atoms with Crippen LogP contribution in [0.25, 0.3) is 0 Å². The summed E-state index contributed by atoms with van der Waals surface area (Å²) in [4.78, 5) is 23.3. The largest absolute Gasteiger partial charge is 0.348 e. The molecule has 5 heteroatoms. The zero-order valence-electron chi connectivity index (χ0n) is 12.3. The second-order valence-electron chi connectivity index (χ2n) is 5.74. The highest BCUT2D eigenvalue weighted by Gasteiger charge is 2.21. The SMILES string of the molecule is C[C@@H](NC(=O)CNC(=O)C(C)(C)C)c1ccccc1F. The lowest BCUT2D eigenvalue weighted by atomic mass is 9.96. The third kappa shape index (κ3) is 4.64. The number of carbonyl (C=O) groups is 2. The molecule has 110 valence electrons. The maximum Gasteiger partial charge on any atom is 0.239 e. The molecule has 4 nitrogen and oxygen atoms in total. The highest BCUT2D eigenvalue weighted by molar-refractivity contribution is 5.87. The average Bonchev–Trinajstić information content (AvgIpc) is 2.35. The number of nitrogens with one attached hydrogen (secondary N) is 2. The quantitative estimate of drug-likeness (QED) is 0.888. The highest BCUT2D eigenvalue weighted by Crippen LogP contribution is 2.16. The van der Waals surface area contributed by atoms with Crippen LogP contribution in [0.4, 0.5) is 4.39 Å². The van der Waals surface area contributed by atoms with E-state index in [1.807, 2.05) is 0 Å². The molecule has 0 fully saturated rings. The van der Waals surface area contributed by atoms with Gasteiger partial charge in [-0.15, -0.1) is 0 Å². The monoisotopic (exact) mass is 280 g/mol. The van der Waals surface area contributed by atoms with Gasteiger partial charge in [-0.1, -0.05) is 39.0 Å². The van der Waals surface area contributed by atoms with Gasteiger partial charge in [0.2, 0.25) is 11.8 Å². The van der Waals surface area contributed by atoms with Crippen molar-refractivity contribution >= 4 is 11.8 Å². The van der Waals surface area contributed by atoms with E-state index in [2.05, 4.69) is 10.6 Å². The van der Waals surface area contributed by atoms with Gasteiger partial charge in [-0.25, -0.2) is 4.39 Å². The summed E-state index contributed by atoms with van der Waals surface area (Å²) in [5.41, 5.74) is -0.125. The van der Waals surface area contributed by atoms with Crippen LogP contribution in [0.2, 0.25) is 0 Å². The van der Waals surface area contributed by atoms with Gasteiger partial charge in [0, 0.05) is 11.0 Å². The molecule has 1 aromatic carbocycles. The molecule has 0 spiro atoms. The maximum atomic E-state index is 13.5. The summed E-state index contributed by atoms with van der Waals surface area (Å²) in [7, 11) is 0. The van der Waals surface area contributed by atoms with Crippen molar-refractivity contribution < 1.29 is 14.0 Å². The summed E-state index contributed by atoms with van der Waals surface area (Å²) < 4.78 is 13.5. The molecule has 2 amide bonds. The van der Waals surface area contributed by atoms with E-state index in [1.54, 1.807) is 45.9 Å². The Morgan fingerprint density at radius 3 is 2.40 bits per heavy atom. The molecule has 0 aliphatic heterocycles. The average molecular weight is 280 g/mol. The Labute approximate surface area is 118 Å². The first-order valence-corrected chi connectivity index (χ1v) is 6.54. The van der Waals surface area contributed by atoms with Crippen molar-refractivity contribution in [1.82, 2.24) is 10.6 Å². The summed E-state index contributed by atoms with van der Waals surface area (Å²) in [6.45, 7) is 6.88. The summed E-state index contributed by atoms with van der Waals surface area (Å²) in [6, 6.07) is 5.82. The molecule has 1 atom stereocenters.